The summed E-state index contributed by atoms with van der Waals surface area (Å²) in [4.78, 5) is 13.5. The molecule has 1 unspecified atom stereocenters. The van der Waals surface area contributed by atoms with Crippen molar-refractivity contribution in [3.63, 3.8) is 0 Å². The smallest absolute Gasteiger partial charge is 0.407 e. The number of para-hydroxylation sites is 1. The number of rotatable bonds is 4. The minimum absolute atomic E-state index is 0.195. The van der Waals surface area contributed by atoms with Crippen LogP contribution in [0.15, 0.2) is 24.3 Å². The van der Waals surface area contributed by atoms with Gasteiger partial charge in [-0.3, -0.25) is 0 Å². The molecule has 1 aromatic rings. The highest BCUT2D eigenvalue weighted by Gasteiger charge is 2.23. The van der Waals surface area contributed by atoms with Crippen molar-refractivity contribution in [3.8, 4) is 0 Å². The van der Waals surface area contributed by atoms with Crippen molar-refractivity contribution in [2.45, 2.75) is 18.9 Å². The Hall–Kier alpha value is -1.75. The Morgan fingerprint density at radius 1 is 1.53 bits per heavy atom. The molecule has 1 aliphatic rings. The van der Waals surface area contributed by atoms with Crippen molar-refractivity contribution in [2.24, 2.45) is 0 Å². The van der Waals surface area contributed by atoms with Crippen LogP contribution in [-0.2, 0) is 11.2 Å². The third kappa shape index (κ3) is 3.86. The molecule has 104 valence electrons. The Balaban J connectivity index is 1.76. The Labute approximate surface area is 113 Å². The monoisotopic (exact) mass is 263 g/mol. The van der Waals surface area contributed by atoms with Crippen LogP contribution in [0.1, 0.15) is 12.0 Å². The second-order valence-corrected chi connectivity index (χ2v) is 4.87. The van der Waals surface area contributed by atoms with Gasteiger partial charge in [-0.15, -0.1) is 0 Å². The predicted molar refractivity (Wildman–Crippen MR) is 74.9 cm³/mol. The van der Waals surface area contributed by atoms with Crippen molar-refractivity contribution in [1.29, 1.82) is 0 Å². The van der Waals surface area contributed by atoms with Gasteiger partial charge >= 0.3 is 6.09 Å². The highest BCUT2D eigenvalue weighted by Crippen LogP contribution is 2.14. The lowest BCUT2D eigenvalue weighted by atomic mass is 10.1. The first kappa shape index (κ1) is 13.7. The summed E-state index contributed by atoms with van der Waals surface area (Å²) in [5, 5.41) is 2.84. The summed E-state index contributed by atoms with van der Waals surface area (Å²) in [6.45, 7) is 2.84. The van der Waals surface area contributed by atoms with E-state index in [1.807, 2.05) is 18.2 Å². The molecule has 1 heterocycles. The lowest BCUT2D eigenvalue weighted by Crippen LogP contribution is -2.37. The molecule has 1 saturated heterocycles. The molecule has 0 bridgehead atoms. The zero-order valence-electron chi connectivity index (χ0n) is 11.3. The van der Waals surface area contributed by atoms with Crippen LogP contribution in [0.5, 0.6) is 0 Å². The molecular weight excluding hydrogens is 242 g/mol. The van der Waals surface area contributed by atoms with E-state index in [1.165, 1.54) is 12.7 Å². The molecule has 0 radical (unpaired) electrons. The molecule has 0 saturated carbocycles. The van der Waals surface area contributed by atoms with Crippen LogP contribution in [0.2, 0.25) is 0 Å². The molecule has 0 aromatic heterocycles. The SMILES string of the molecule is COC(=O)NC1CCN(CCc2ccccc2N)C1. The number of likely N-dealkylation sites (tertiary alicyclic amines) is 1. The quantitative estimate of drug-likeness (QED) is 0.802. The van der Waals surface area contributed by atoms with Crippen molar-refractivity contribution < 1.29 is 9.53 Å². The first-order valence-electron chi connectivity index (χ1n) is 6.59. The number of hydrogen-bond donors (Lipinski definition) is 2. The normalized spacial score (nSPS) is 19.3. The van der Waals surface area contributed by atoms with Gasteiger partial charge in [0.2, 0.25) is 0 Å². The van der Waals surface area contributed by atoms with Crippen LogP contribution >= 0.6 is 0 Å². The standard InChI is InChI=1S/C14H21N3O2/c1-19-14(18)16-12-7-9-17(10-12)8-6-11-4-2-3-5-13(11)15/h2-5,12H,6-10,15H2,1H3,(H,16,18). The number of nitrogens with two attached hydrogens (primary N) is 1. The summed E-state index contributed by atoms with van der Waals surface area (Å²) in [5.74, 6) is 0. The summed E-state index contributed by atoms with van der Waals surface area (Å²) < 4.78 is 4.61. The molecule has 0 aliphatic carbocycles. The summed E-state index contributed by atoms with van der Waals surface area (Å²) in [6.07, 6.45) is 1.57. The number of carbonyl (C=O) groups is 1. The van der Waals surface area contributed by atoms with Gasteiger partial charge in [0.25, 0.3) is 0 Å². The Morgan fingerprint density at radius 3 is 3.05 bits per heavy atom. The molecule has 2 rings (SSSR count). The Morgan fingerprint density at radius 2 is 2.32 bits per heavy atom. The van der Waals surface area contributed by atoms with Gasteiger partial charge in [0, 0.05) is 31.4 Å². The number of methoxy groups -OCH3 is 1. The van der Waals surface area contributed by atoms with Gasteiger partial charge in [-0.25, -0.2) is 4.79 Å². The zero-order valence-corrected chi connectivity index (χ0v) is 11.3. The summed E-state index contributed by atoms with van der Waals surface area (Å²) in [5.41, 5.74) is 7.96. The first-order chi connectivity index (χ1) is 9.19. The molecule has 3 N–H and O–H groups in total. The fourth-order valence-corrected chi connectivity index (χ4v) is 2.42. The molecule has 19 heavy (non-hydrogen) atoms. The van der Waals surface area contributed by atoms with E-state index in [-0.39, 0.29) is 12.1 Å². The van der Waals surface area contributed by atoms with Gasteiger partial charge in [-0.1, -0.05) is 18.2 Å². The number of benzene rings is 1. The third-order valence-electron chi connectivity index (χ3n) is 3.53. The Kier molecular flexibility index (Phi) is 4.63. The predicted octanol–water partition coefficient (Wildman–Crippen LogP) is 1.24. The number of amides is 1. The fourth-order valence-electron chi connectivity index (χ4n) is 2.42. The van der Waals surface area contributed by atoms with Crippen LogP contribution < -0.4 is 11.1 Å². The first-order valence-corrected chi connectivity index (χ1v) is 6.59. The third-order valence-corrected chi connectivity index (χ3v) is 3.53. The highest BCUT2D eigenvalue weighted by atomic mass is 16.5. The average molecular weight is 263 g/mol. The molecular formula is C14H21N3O2. The number of nitrogen functional groups attached to an aromatic ring is 1. The highest BCUT2D eigenvalue weighted by molar-refractivity contribution is 5.67. The maximum atomic E-state index is 11.1. The fraction of sp³-hybridized carbons (Fsp3) is 0.500. The number of alkyl carbamates (subject to hydrolysis) is 1. The van der Waals surface area contributed by atoms with E-state index in [4.69, 9.17) is 5.73 Å². The number of ether oxygens (including phenoxy) is 1. The van der Waals surface area contributed by atoms with Gasteiger partial charge in [0.05, 0.1) is 7.11 Å². The zero-order chi connectivity index (χ0) is 13.7. The van der Waals surface area contributed by atoms with Crippen LogP contribution in [-0.4, -0.2) is 43.8 Å². The topological polar surface area (TPSA) is 67.6 Å². The number of nitrogens with zero attached hydrogens (tertiary/aromatic N) is 1. The van der Waals surface area contributed by atoms with E-state index >= 15 is 0 Å². The second kappa shape index (κ2) is 6.43. The van der Waals surface area contributed by atoms with Crippen molar-refractivity contribution in [2.75, 3.05) is 32.5 Å². The summed E-state index contributed by atoms with van der Waals surface area (Å²) >= 11 is 0. The lowest BCUT2D eigenvalue weighted by Gasteiger charge is -2.16. The number of carbonyl (C=O) groups excluding carboxylic acids is 1. The average Bonchev–Trinajstić information content (AvgIpc) is 2.85. The van der Waals surface area contributed by atoms with E-state index in [0.717, 1.165) is 38.2 Å². The maximum absolute atomic E-state index is 11.1. The van der Waals surface area contributed by atoms with E-state index in [9.17, 15) is 4.79 Å². The van der Waals surface area contributed by atoms with Crippen LogP contribution in [0.3, 0.4) is 0 Å². The molecule has 1 atom stereocenters. The van der Waals surface area contributed by atoms with E-state index < -0.39 is 0 Å². The molecule has 0 spiro atoms. The molecule has 5 nitrogen and oxygen atoms in total. The lowest BCUT2D eigenvalue weighted by molar-refractivity contribution is 0.166. The van der Waals surface area contributed by atoms with Crippen molar-refractivity contribution in [1.82, 2.24) is 10.2 Å². The van der Waals surface area contributed by atoms with Gasteiger partial charge in [-0.05, 0) is 24.5 Å². The van der Waals surface area contributed by atoms with Gasteiger partial charge in [-0.2, -0.15) is 0 Å². The molecule has 5 heteroatoms. The van der Waals surface area contributed by atoms with Gasteiger partial charge in [0.15, 0.2) is 0 Å². The van der Waals surface area contributed by atoms with Gasteiger partial charge < -0.3 is 20.7 Å². The van der Waals surface area contributed by atoms with Gasteiger partial charge in [0.1, 0.15) is 0 Å². The number of anilines is 1. The van der Waals surface area contributed by atoms with Crippen LogP contribution in [0.25, 0.3) is 0 Å². The molecule has 1 amide bonds. The summed E-state index contributed by atoms with van der Waals surface area (Å²) in [6, 6.07) is 8.15. The number of hydrogen-bond acceptors (Lipinski definition) is 4. The summed E-state index contributed by atoms with van der Waals surface area (Å²) in [7, 11) is 1.39. The second-order valence-electron chi connectivity index (χ2n) is 4.87. The minimum Gasteiger partial charge on any atom is -0.453 e. The van der Waals surface area contributed by atoms with Crippen molar-refractivity contribution >= 4 is 11.8 Å². The van der Waals surface area contributed by atoms with Crippen LogP contribution in [0, 0.1) is 0 Å². The minimum atomic E-state index is -0.348. The number of nitrogens with one attached hydrogen (secondary N) is 1. The van der Waals surface area contributed by atoms with Crippen LogP contribution in [0.4, 0.5) is 10.5 Å². The largest absolute Gasteiger partial charge is 0.453 e. The van der Waals surface area contributed by atoms with Crippen molar-refractivity contribution in [3.05, 3.63) is 29.8 Å². The van der Waals surface area contributed by atoms with E-state index in [2.05, 4.69) is 21.0 Å². The Bertz CT molecular complexity index is 436. The molecule has 1 aromatic carbocycles. The molecule has 1 aliphatic heterocycles. The maximum Gasteiger partial charge on any atom is 0.407 e. The van der Waals surface area contributed by atoms with E-state index in [0.29, 0.717) is 0 Å². The van der Waals surface area contributed by atoms with E-state index in [1.54, 1.807) is 0 Å². The molecule has 1 fully saturated rings.